The van der Waals surface area contributed by atoms with E-state index in [2.05, 4.69) is 19.2 Å². The largest absolute Gasteiger partial charge is 0.504 e. The molecule has 0 aromatic heterocycles. The summed E-state index contributed by atoms with van der Waals surface area (Å²) in [6.45, 7) is 4.27. The van der Waals surface area contributed by atoms with E-state index in [1.165, 1.54) is 17.7 Å². The maximum Gasteiger partial charge on any atom is 0.235 e. The molecule has 5 heteroatoms. The van der Waals surface area contributed by atoms with Crippen LogP contribution in [0.25, 0.3) is 11.1 Å². The van der Waals surface area contributed by atoms with Crippen molar-refractivity contribution in [2.24, 2.45) is 0 Å². The Morgan fingerprint density at radius 3 is 2.26 bits per heavy atom. The number of aromatic hydroxyl groups is 2. The molecular formula is C26H27NO4. The highest BCUT2D eigenvalue weighted by atomic mass is 16.3. The van der Waals surface area contributed by atoms with Crippen LogP contribution in [0.1, 0.15) is 49.3 Å². The minimum absolute atomic E-state index is 0.00229. The number of rotatable bonds is 6. The van der Waals surface area contributed by atoms with Gasteiger partial charge in [0.2, 0.25) is 5.91 Å². The fourth-order valence-electron chi connectivity index (χ4n) is 4.02. The van der Waals surface area contributed by atoms with E-state index >= 15 is 0 Å². The summed E-state index contributed by atoms with van der Waals surface area (Å²) >= 11 is 0. The molecule has 0 saturated heterocycles. The molecule has 1 aliphatic rings. The summed E-state index contributed by atoms with van der Waals surface area (Å²) in [6.07, 6.45) is 1.39. The molecule has 0 bridgehead atoms. The van der Waals surface area contributed by atoms with Gasteiger partial charge in [-0.25, -0.2) is 0 Å². The third-order valence-corrected chi connectivity index (χ3v) is 6.09. The van der Waals surface area contributed by atoms with Crippen LogP contribution in [0.2, 0.25) is 0 Å². The Balaban J connectivity index is 1.64. The number of hydrogen-bond acceptors (Lipinski definition) is 4. The third-order valence-electron chi connectivity index (χ3n) is 6.09. The highest BCUT2D eigenvalue weighted by molar-refractivity contribution is 6.02. The van der Waals surface area contributed by atoms with Crippen molar-refractivity contribution >= 4 is 11.6 Å². The SMILES string of the molecule is CC(C)c1ccc(NC(=O)C2(c3ccc(O)c(O)c3)CC2)cc1-c1ccc(CO)cc1. The fourth-order valence-corrected chi connectivity index (χ4v) is 4.02. The van der Waals surface area contributed by atoms with Crippen molar-refractivity contribution in [1.29, 1.82) is 0 Å². The number of carbonyl (C=O) groups is 1. The average molecular weight is 418 g/mol. The van der Waals surface area contributed by atoms with Crippen molar-refractivity contribution in [1.82, 2.24) is 0 Å². The molecule has 0 atom stereocenters. The number of hydrogen-bond donors (Lipinski definition) is 4. The van der Waals surface area contributed by atoms with Gasteiger partial charge in [-0.05, 0) is 70.8 Å². The fraction of sp³-hybridized carbons (Fsp3) is 0.269. The summed E-state index contributed by atoms with van der Waals surface area (Å²) in [5, 5.41) is 31.8. The zero-order valence-electron chi connectivity index (χ0n) is 17.7. The summed E-state index contributed by atoms with van der Waals surface area (Å²) in [6, 6.07) is 18.3. The van der Waals surface area contributed by atoms with Crippen molar-refractivity contribution < 1.29 is 20.1 Å². The summed E-state index contributed by atoms with van der Waals surface area (Å²) in [7, 11) is 0. The number of anilines is 1. The van der Waals surface area contributed by atoms with Gasteiger partial charge in [-0.2, -0.15) is 0 Å². The second-order valence-electron chi connectivity index (χ2n) is 8.55. The molecule has 3 aromatic rings. The molecule has 1 saturated carbocycles. The van der Waals surface area contributed by atoms with Crippen molar-refractivity contribution in [2.75, 3.05) is 5.32 Å². The van der Waals surface area contributed by atoms with Crippen molar-refractivity contribution in [3.05, 3.63) is 77.4 Å². The van der Waals surface area contributed by atoms with E-state index in [1.807, 2.05) is 42.5 Å². The molecule has 160 valence electrons. The smallest absolute Gasteiger partial charge is 0.235 e. The number of phenolic OH excluding ortho intramolecular Hbond substituents is 2. The molecule has 0 heterocycles. The Bertz CT molecular complexity index is 1110. The van der Waals surface area contributed by atoms with Gasteiger partial charge in [0.1, 0.15) is 0 Å². The van der Waals surface area contributed by atoms with Crippen LogP contribution in [0, 0.1) is 0 Å². The number of benzene rings is 3. The van der Waals surface area contributed by atoms with Gasteiger partial charge in [0.05, 0.1) is 12.0 Å². The van der Waals surface area contributed by atoms with Gasteiger partial charge in [-0.3, -0.25) is 4.79 Å². The zero-order chi connectivity index (χ0) is 22.2. The minimum Gasteiger partial charge on any atom is -0.504 e. The number of aliphatic hydroxyl groups is 1. The van der Waals surface area contributed by atoms with Crippen LogP contribution in [0.3, 0.4) is 0 Å². The van der Waals surface area contributed by atoms with Gasteiger partial charge in [0.25, 0.3) is 0 Å². The highest BCUT2D eigenvalue weighted by Crippen LogP contribution is 2.50. The lowest BCUT2D eigenvalue weighted by Gasteiger charge is -2.19. The van der Waals surface area contributed by atoms with Crippen LogP contribution >= 0.6 is 0 Å². The van der Waals surface area contributed by atoms with Gasteiger partial charge in [0, 0.05) is 5.69 Å². The lowest BCUT2D eigenvalue weighted by molar-refractivity contribution is -0.118. The lowest BCUT2D eigenvalue weighted by Crippen LogP contribution is -2.27. The van der Waals surface area contributed by atoms with Crippen LogP contribution < -0.4 is 5.32 Å². The normalized spacial score (nSPS) is 14.5. The molecule has 5 nitrogen and oxygen atoms in total. The predicted octanol–water partition coefficient (Wildman–Crippen LogP) is 5.05. The first kappa shape index (κ1) is 20.9. The van der Waals surface area contributed by atoms with E-state index in [0.717, 1.165) is 16.7 Å². The van der Waals surface area contributed by atoms with E-state index in [0.29, 0.717) is 30.0 Å². The standard InChI is InChI=1S/C26H27NO4/c1-16(2)21-9-8-20(14-22(21)18-5-3-17(15-28)4-6-18)27-25(31)26(11-12-26)19-7-10-23(29)24(30)13-19/h3-10,13-14,16,28-30H,11-12,15H2,1-2H3,(H,27,31). The molecule has 0 radical (unpaired) electrons. The summed E-state index contributed by atoms with van der Waals surface area (Å²) in [5.41, 5.74) is 4.85. The number of aliphatic hydroxyl groups excluding tert-OH is 1. The monoisotopic (exact) mass is 417 g/mol. The van der Waals surface area contributed by atoms with Gasteiger partial charge in [-0.15, -0.1) is 0 Å². The Kier molecular flexibility index (Phi) is 5.46. The maximum absolute atomic E-state index is 13.2. The minimum atomic E-state index is -0.676. The predicted molar refractivity (Wildman–Crippen MR) is 121 cm³/mol. The first-order valence-corrected chi connectivity index (χ1v) is 10.5. The van der Waals surface area contributed by atoms with Crippen LogP contribution in [0.5, 0.6) is 11.5 Å². The van der Waals surface area contributed by atoms with E-state index in [-0.39, 0.29) is 24.0 Å². The quantitative estimate of drug-likeness (QED) is 0.423. The molecule has 4 N–H and O–H groups in total. The molecule has 31 heavy (non-hydrogen) atoms. The van der Waals surface area contributed by atoms with Crippen LogP contribution in [-0.2, 0) is 16.8 Å². The summed E-state index contributed by atoms with van der Waals surface area (Å²) in [4.78, 5) is 13.2. The number of nitrogens with one attached hydrogen (secondary N) is 1. The summed E-state index contributed by atoms with van der Waals surface area (Å²) in [5.74, 6) is -0.212. The van der Waals surface area contributed by atoms with Gasteiger partial charge in [-0.1, -0.05) is 50.2 Å². The van der Waals surface area contributed by atoms with Crippen LogP contribution in [-0.4, -0.2) is 21.2 Å². The number of phenols is 2. The highest BCUT2D eigenvalue weighted by Gasteiger charge is 2.51. The zero-order valence-corrected chi connectivity index (χ0v) is 17.7. The number of amides is 1. The first-order chi connectivity index (χ1) is 14.8. The molecule has 0 unspecified atom stereocenters. The Labute approximate surface area is 182 Å². The van der Waals surface area contributed by atoms with E-state index in [9.17, 15) is 20.1 Å². The van der Waals surface area contributed by atoms with Gasteiger partial charge >= 0.3 is 0 Å². The average Bonchev–Trinajstić information content (AvgIpc) is 3.58. The van der Waals surface area contributed by atoms with E-state index in [1.54, 1.807) is 6.07 Å². The van der Waals surface area contributed by atoms with Crippen LogP contribution in [0.15, 0.2) is 60.7 Å². The van der Waals surface area contributed by atoms with Crippen molar-refractivity contribution in [2.45, 2.75) is 44.6 Å². The second-order valence-corrected chi connectivity index (χ2v) is 8.55. The van der Waals surface area contributed by atoms with Gasteiger partial charge < -0.3 is 20.6 Å². The Hall–Kier alpha value is -3.31. The van der Waals surface area contributed by atoms with E-state index < -0.39 is 5.41 Å². The lowest BCUT2D eigenvalue weighted by atomic mass is 9.91. The molecule has 0 spiro atoms. The number of carbonyl (C=O) groups excluding carboxylic acids is 1. The van der Waals surface area contributed by atoms with Gasteiger partial charge in [0.15, 0.2) is 11.5 Å². The topological polar surface area (TPSA) is 89.8 Å². The molecule has 1 amide bonds. The molecule has 1 aliphatic carbocycles. The first-order valence-electron chi connectivity index (χ1n) is 10.5. The van der Waals surface area contributed by atoms with E-state index in [4.69, 9.17) is 0 Å². The maximum atomic E-state index is 13.2. The third kappa shape index (κ3) is 4.01. The summed E-state index contributed by atoms with van der Waals surface area (Å²) < 4.78 is 0. The molecular weight excluding hydrogens is 390 g/mol. The second kappa shape index (κ2) is 8.08. The molecule has 1 fully saturated rings. The van der Waals surface area contributed by atoms with Crippen LogP contribution in [0.4, 0.5) is 5.69 Å². The Morgan fingerprint density at radius 1 is 0.968 bits per heavy atom. The Morgan fingerprint density at radius 2 is 1.68 bits per heavy atom. The molecule has 0 aliphatic heterocycles. The molecule has 3 aromatic carbocycles. The van der Waals surface area contributed by atoms with Crippen molar-refractivity contribution in [3.8, 4) is 22.6 Å². The van der Waals surface area contributed by atoms with Crippen molar-refractivity contribution in [3.63, 3.8) is 0 Å². The molecule has 4 rings (SSSR count).